The number of benzene rings is 3. The molecule has 0 bridgehead atoms. The molecule has 1 saturated carbocycles. The number of carbonyl (C=O) groups is 1. The molecule has 2 fully saturated rings. The summed E-state index contributed by atoms with van der Waals surface area (Å²) in [7, 11) is -3.60. The van der Waals surface area contributed by atoms with E-state index in [2.05, 4.69) is 0 Å². The van der Waals surface area contributed by atoms with Crippen molar-refractivity contribution in [3.8, 4) is 0 Å². The summed E-state index contributed by atoms with van der Waals surface area (Å²) in [5, 5.41) is 0. The maximum atomic E-state index is 13.5. The molecular weight excluding hydrogens is 506 g/mol. The zero-order valence-corrected chi connectivity index (χ0v) is 21.8. The van der Waals surface area contributed by atoms with Gasteiger partial charge in [0.05, 0.1) is 4.90 Å². The van der Waals surface area contributed by atoms with Crippen molar-refractivity contribution < 1.29 is 22.0 Å². The first-order chi connectivity index (χ1) is 18.3. The quantitative estimate of drug-likeness (QED) is 0.375. The van der Waals surface area contributed by atoms with Gasteiger partial charge in [-0.2, -0.15) is 4.31 Å². The minimum atomic E-state index is -3.60. The summed E-state index contributed by atoms with van der Waals surface area (Å²) < 4.78 is 55.5. The first kappa shape index (κ1) is 26.3. The molecule has 1 aliphatic heterocycles. The highest BCUT2D eigenvalue weighted by atomic mass is 32.2. The van der Waals surface area contributed by atoms with Crippen molar-refractivity contribution in [1.82, 2.24) is 9.21 Å². The Balaban J connectivity index is 1.28. The molecule has 1 heterocycles. The first-order valence-corrected chi connectivity index (χ1v) is 14.4. The van der Waals surface area contributed by atoms with Crippen molar-refractivity contribution >= 4 is 21.5 Å². The van der Waals surface area contributed by atoms with Gasteiger partial charge in [-0.05, 0) is 78.8 Å². The highest BCUT2D eigenvalue weighted by molar-refractivity contribution is 7.89. The Kier molecular flexibility index (Phi) is 7.72. The summed E-state index contributed by atoms with van der Waals surface area (Å²) in [5.41, 5.74) is 2.19. The maximum Gasteiger partial charge on any atom is 0.243 e. The number of sulfonamides is 1. The predicted molar refractivity (Wildman–Crippen MR) is 143 cm³/mol. The van der Waals surface area contributed by atoms with Gasteiger partial charge in [-0.25, -0.2) is 17.2 Å². The van der Waals surface area contributed by atoms with Gasteiger partial charge in [-0.1, -0.05) is 48.5 Å². The van der Waals surface area contributed by atoms with Gasteiger partial charge in [0.25, 0.3) is 0 Å². The van der Waals surface area contributed by atoms with Crippen LogP contribution in [0.25, 0.3) is 5.57 Å². The molecule has 5 rings (SSSR count). The normalized spacial score (nSPS) is 16.4. The number of nitrogens with zero attached hydrogens (tertiary/aromatic N) is 2. The fourth-order valence-corrected chi connectivity index (χ4v) is 7.03. The van der Waals surface area contributed by atoms with Gasteiger partial charge >= 0.3 is 0 Å². The number of hydrogen-bond acceptors (Lipinski definition) is 3. The van der Waals surface area contributed by atoms with Crippen LogP contribution in [0.1, 0.15) is 43.2 Å². The van der Waals surface area contributed by atoms with E-state index in [1.807, 2.05) is 0 Å². The molecule has 3 aromatic carbocycles. The van der Waals surface area contributed by atoms with Crippen molar-refractivity contribution in [2.75, 3.05) is 13.1 Å². The van der Waals surface area contributed by atoms with Crippen molar-refractivity contribution in [3.05, 3.63) is 108 Å². The van der Waals surface area contributed by atoms with Crippen molar-refractivity contribution in [2.45, 2.75) is 49.1 Å². The Hall–Kier alpha value is -3.36. The molecule has 8 heteroatoms. The monoisotopic (exact) mass is 536 g/mol. The lowest BCUT2D eigenvalue weighted by Gasteiger charge is -2.38. The van der Waals surface area contributed by atoms with Gasteiger partial charge in [0.1, 0.15) is 11.6 Å². The van der Waals surface area contributed by atoms with E-state index in [1.54, 1.807) is 69.9 Å². The molecule has 0 unspecified atom stereocenters. The Labute approximate surface area is 222 Å². The minimum Gasteiger partial charge on any atom is -0.342 e. The lowest BCUT2D eigenvalue weighted by Crippen LogP contribution is -2.49. The van der Waals surface area contributed by atoms with Gasteiger partial charge in [-0.3, -0.25) is 4.79 Å². The lowest BCUT2D eigenvalue weighted by molar-refractivity contribution is -0.131. The number of hydrogen-bond donors (Lipinski definition) is 0. The molecule has 0 aromatic heterocycles. The Morgan fingerprint density at radius 2 is 1.29 bits per heavy atom. The largest absolute Gasteiger partial charge is 0.342 e. The molecule has 198 valence electrons. The number of rotatable bonds is 8. The molecule has 0 radical (unpaired) electrons. The SMILES string of the molecule is O=C(CC=C(c1ccc(F)cc1)c1ccc(F)cc1)N1CCC(N(C2CC2)S(=O)(=O)c2ccccc2)CC1. The zero-order chi connectivity index (χ0) is 26.7. The second kappa shape index (κ2) is 11.2. The van der Waals surface area contributed by atoms with E-state index in [0.717, 1.165) is 29.5 Å². The van der Waals surface area contributed by atoms with E-state index >= 15 is 0 Å². The number of carbonyl (C=O) groups excluding carboxylic acids is 1. The zero-order valence-electron chi connectivity index (χ0n) is 21.0. The second-order valence-corrected chi connectivity index (χ2v) is 11.7. The summed E-state index contributed by atoms with van der Waals surface area (Å²) in [5.74, 6) is -0.782. The fourth-order valence-electron chi connectivity index (χ4n) is 5.08. The van der Waals surface area contributed by atoms with E-state index in [-0.39, 0.29) is 36.0 Å². The molecule has 0 N–H and O–H groups in total. The molecule has 0 spiro atoms. The molecule has 1 saturated heterocycles. The third-order valence-corrected chi connectivity index (χ3v) is 9.21. The molecular formula is C30H30F2N2O3S. The van der Waals surface area contributed by atoms with Crippen LogP contribution in [0, 0.1) is 11.6 Å². The van der Waals surface area contributed by atoms with Crippen LogP contribution in [-0.2, 0) is 14.8 Å². The third-order valence-electron chi connectivity index (χ3n) is 7.19. The fraction of sp³-hybridized carbons (Fsp3) is 0.300. The van der Waals surface area contributed by atoms with Crippen LogP contribution in [0.15, 0.2) is 89.8 Å². The molecule has 5 nitrogen and oxygen atoms in total. The number of halogens is 2. The molecule has 2 aliphatic rings. The van der Waals surface area contributed by atoms with Crippen LogP contribution < -0.4 is 0 Å². The average molecular weight is 537 g/mol. The minimum absolute atomic E-state index is 0.0318. The van der Waals surface area contributed by atoms with Crippen molar-refractivity contribution in [2.24, 2.45) is 0 Å². The Morgan fingerprint density at radius 1 is 0.789 bits per heavy atom. The highest BCUT2D eigenvalue weighted by Gasteiger charge is 2.43. The summed E-state index contributed by atoms with van der Waals surface area (Å²) in [6.45, 7) is 0.959. The van der Waals surface area contributed by atoms with Gasteiger partial charge in [-0.15, -0.1) is 0 Å². The number of piperidine rings is 1. The summed E-state index contributed by atoms with van der Waals surface area (Å²) in [4.78, 5) is 15.2. The van der Waals surface area contributed by atoms with E-state index in [1.165, 1.54) is 24.3 Å². The Bertz CT molecular complexity index is 1350. The summed E-state index contributed by atoms with van der Waals surface area (Å²) >= 11 is 0. The van der Waals surface area contributed by atoms with Gasteiger partial charge in [0, 0.05) is 31.6 Å². The molecule has 38 heavy (non-hydrogen) atoms. The second-order valence-electron chi connectivity index (χ2n) is 9.83. The third kappa shape index (κ3) is 5.87. The van der Waals surface area contributed by atoms with Gasteiger partial charge < -0.3 is 4.90 Å². The van der Waals surface area contributed by atoms with Crippen LogP contribution in [0.2, 0.25) is 0 Å². The van der Waals surface area contributed by atoms with Gasteiger partial charge in [0.2, 0.25) is 15.9 Å². The summed E-state index contributed by atoms with van der Waals surface area (Å²) in [6, 6.07) is 20.4. The van der Waals surface area contributed by atoms with E-state index in [9.17, 15) is 22.0 Å². The van der Waals surface area contributed by atoms with Crippen molar-refractivity contribution in [1.29, 1.82) is 0 Å². The molecule has 3 aromatic rings. The van der Waals surface area contributed by atoms with Crippen LogP contribution in [0.5, 0.6) is 0 Å². The number of amides is 1. The highest BCUT2D eigenvalue weighted by Crippen LogP contribution is 2.36. The molecule has 1 aliphatic carbocycles. The van der Waals surface area contributed by atoms with Crippen LogP contribution in [0.4, 0.5) is 8.78 Å². The van der Waals surface area contributed by atoms with E-state index < -0.39 is 10.0 Å². The topological polar surface area (TPSA) is 57.7 Å². The predicted octanol–water partition coefficient (Wildman–Crippen LogP) is 5.63. The van der Waals surface area contributed by atoms with Crippen LogP contribution in [0.3, 0.4) is 0 Å². The lowest BCUT2D eigenvalue weighted by atomic mass is 9.96. The van der Waals surface area contributed by atoms with E-state index in [0.29, 0.717) is 30.8 Å². The van der Waals surface area contributed by atoms with E-state index in [4.69, 9.17) is 0 Å². The Morgan fingerprint density at radius 3 is 1.79 bits per heavy atom. The van der Waals surface area contributed by atoms with Crippen molar-refractivity contribution in [3.63, 3.8) is 0 Å². The van der Waals surface area contributed by atoms with Crippen LogP contribution >= 0.6 is 0 Å². The number of likely N-dealkylation sites (tertiary alicyclic amines) is 1. The van der Waals surface area contributed by atoms with Gasteiger partial charge in [0.15, 0.2) is 0 Å². The maximum absolute atomic E-state index is 13.5. The first-order valence-electron chi connectivity index (χ1n) is 12.9. The summed E-state index contributed by atoms with van der Waals surface area (Å²) in [6.07, 6.45) is 4.83. The standard InChI is InChI=1S/C30H30F2N2O3S/c31-24-10-6-22(7-11-24)29(23-8-12-25(32)13-9-23)16-17-30(35)33-20-18-27(19-21-33)34(26-14-15-26)38(36,37)28-4-2-1-3-5-28/h1-13,16,26-27H,14-15,17-21H2. The smallest absolute Gasteiger partial charge is 0.243 e. The van der Waals surface area contributed by atoms with Crippen LogP contribution in [-0.4, -0.2) is 48.7 Å². The average Bonchev–Trinajstić information content (AvgIpc) is 3.76. The molecule has 0 atom stereocenters. The molecule has 1 amide bonds.